The molecule has 0 aliphatic heterocycles. The quantitative estimate of drug-likeness (QED) is 0.554. The zero-order chi connectivity index (χ0) is 8.85. The van der Waals surface area contributed by atoms with Gasteiger partial charge in [0.2, 0.25) is 0 Å². The average Bonchev–Trinajstić information content (AvgIpc) is 1.98. The minimum atomic E-state index is -1.12. The molecular weight excluding hydrogens is 146 g/mol. The fraction of sp³-hybridized carbons (Fsp3) is 0.714. The van der Waals surface area contributed by atoms with Crippen LogP contribution in [0.25, 0.3) is 0 Å². The second-order valence-corrected chi connectivity index (χ2v) is 2.45. The molecule has 64 valence electrons. The number of carboxylic acids is 1. The Balaban J connectivity index is 4.01. The minimum absolute atomic E-state index is 0.539. The van der Waals surface area contributed by atoms with Gasteiger partial charge in [-0.25, -0.2) is 0 Å². The second kappa shape index (κ2) is 4.85. The van der Waals surface area contributed by atoms with E-state index in [4.69, 9.17) is 10.8 Å². The molecule has 11 heavy (non-hydrogen) atoms. The number of carbonyl (C=O) groups is 2. The normalized spacial score (nSPS) is 15.5. The number of hydrogen-bond acceptors (Lipinski definition) is 3. The van der Waals surface area contributed by atoms with E-state index in [-0.39, 0.29) is 0 Å². The first-order valence-corrected chi connectivity index (χ1v) is 3.57. The molecule has 0 aromatic rings. The topological polar surface area (TPSA) is 80.4 Å². The monoisotopic (exact) mass is 159 g/mol. The van der Waals surface area contributed by atoms with E-state index in [2.05, 4.69) is 0 Å². The Hall–Kier alpha value is -0.900. The van der Waals surface area contributed by atoms with Crippen molar-refractivity contribution < 1.29 is 14.7 Å². The number of aliphatic carboxylic acids is 1. The maximum Gasteiger partial charge on any atom is 0.321 e. The summed E-state index contributed by atoms with van der Waals surface area (Å²) in [6, 6.07) is -1.05. The van der Waals surface area contributed by atoms with Crippen LogP contribution in [-0.2, 0) is 9.59 Å². The smallest absolute Gasteiger partial charge is 0.321 e. The van der Waals surface area contributed by atoms with Gasteiger partial charge in [0, 0.05) is 5.92 Å². The summed E-state index contributed by atoms with van der Waals surface area (Å²) in [5.74, 6) is -1.66. The standard InChI is InChI=1S/C7H13NO3/c1-2-3-5(4-9)6(8)7(10)11/h4-6H,2-3,8H2,1H3,(H,10,11)/t5-,6+/m0/s1. The van der Waals surface area contributed by atoms with E-state index in [1.807, 2.05) is 6.92 Å². The molecule has 0 saturated heterocycles. The lowest BCUT2D eigenvalue weighted by Crippen LogP contribution is -2.38. The molecule has 0 aromatic carbocycles. The largest absolute Gasteiger partial charge is 0.480 e. The molecule has 0 amide bonds. The summed E-state index contributed by atoms with van der Waals surface area (Å²) in [6.45, 7) is 1.88. The maximum absolute atomic E-state index is 10.3. The van der Waals surface area contributed by atoms with Crippen LogP contribution < -0.4 is 5.73 Å². The van der Waals surface area contributed by atoms with Crippen LogP contribution in [0.5, 0.6) is 0 Å². The molecule has 0 heterocycles. The first kappa shape index (κ1) is 10.1. The van der Waals surface area contributed by atoms with Crippen molar-refractivity contribution in [3.8, 4) is 0 Å². The van der Waals surface area contributed by atoms with Crippen LogP contribution in [0.1, 0.15) is 19.8 Å². The van der Waals surface area contributed by atoms with Crippen LogP contribution in [0.4, 0.5) is 0 Å². The van der Waals surface area contributed by atoms with Crippen LogP contribution in [0.2, 0.25) is 0 Å². The van der Waals surface area contributed by atoms with Gasteiger partial charge >= 0.3 is 5.97 Å². The Morgan fingerprint density at radius 3 is 2.55 bits per heavy atom. The predicted molar refractivity (Wildman–Crippen MR) is 40.1 cm³/mol. The molecule has 0 aliphatic carbocycles. The highest BCUT2D eigenvalue weighted by molar-refractivity contribution is 5.77. The van der Waals surface area contributed by atoms with E-state index in [9.17, 15) is 9.59 Å². The van der Waals surface area contributed by atoms with Crippen molar-refractivity contribution in [1.29, 1.82) is 0 Å². The van der Waals surface area contributed by atoms with Crippen molar-refractivity contribution in [3.05, 3.63) is 0 Å². The first-order valence-electron chi connectivity index (χ1n) is 3.57. The van der Waals surface area contributed by atoms with Crippen LogP contribution in [0, 0.1) is 5.92 Å². The van der Waals surface area contributed by atoms with E-state index < -0.39 is 17.9 Å². The zero-order valence-corrected chi connectivity index (χ0v) is 6.49. The second-order valence-electron chi connectivity index (χ2n) is 2.45. The molecule has 0 rings (SSSR count). The van der Waals surface area contributed by atoms with Crippen molar-refractivity contribution in [3.63, 3.8) is 0 Å². The number of aldehydes is 1. The summed E-state index contributed by atoms with van der Waals surface area (Å²) in [5, 5.41) is 8.43. The maximum atomic E-state index is 10.3. The summed E-state index contributed by atoms with van der Waals surface area (Å²) < 4.78 is 0. The summed E-state index contributed by atoms with van der Waals surface area (Å²) >= 11 is 0. The van der Waals surface area contributed by atoms with Gasteiger partial charge in [0.1, 0.15) is 12.3 Å². The molecule has 0 spiro atoms. The molecule has 0 unspecified atom stereocenters. The lowest BCUT2D eigenvalue weighted by molar-refractivity contribution is -0.141. The van der Waals surface area contributed by atoms with Gasteiger partial charge in [-0.15, -0.1) is 0 Å². The van der Waals surface area contributed by atoms with Gasteiger partial charge in [-0.2, -0.15) is 0 Å². The molecule has 0 fully saturated rings. The van der Waals surface area contributed by atoms with Gasteiger partial charge in [-0.3, -0.25) is 4.79 Å². The summed E-state index contributed by atoms with van der Waals surface area (Å²) in [5.41, 5.74) is 5.23. The Kier molecular flexibility index (Phi) is 4.45. The van der Waals surface area contributed by atoms with Gasteiger partial charge in [0.05, 0.1) is 0 Å². The van der Waals surface area contributed by atoms with Gasteiger partial charge in [-0.05, 0) is 6.42 Å². The highest BCUT2D eigenvalue weighted by Crippen LogP contribution is 2.06. The third-order valence-corrected chi connectivity index (χ3v) is 1.54. The summed E-state index contributed by atoms with van der Waals surface area (Å²) in [4.78, 5) is 20.6. The number of carboxylic acid groups (broad SMARTS) is 1. The molecule has 3 N–H and O–H groups in total. The number of hydrogen-bond donors (Lipinski definition) is 2. The van der Waals surface area contributed by atoms with Crippen LogP contribution in [0.15, 0.2) is 0 Å². The summed E-state index contributed by atoms with van der Waals surface area (Å²) in [6.07, 6.45) is 1.92. The lowest BCUT2D eigenvalue weighted by atomic mass is 9.97. The highest BCUT2D eigenvalue weighted by Gasteiger charge is 2.22. The van der Waals surface area contributed by atoms with Gasteiger partial charge in [0.15, 0.2) is 0 Å². The molecule has 0 saturated carbocycles. The third kappa shape index (κ3) is 3.13. The Morgan fingerprint density at radius 2 is 2.27 bits per heavy atom. The Bertz CT molecular complexity index is 147. The van der Waals surface area contributed by atoms with Gasteiger partial charge in [-0.1, -0.05) is 13.3 Å². The van der Waals surface area contributed by atoms with Gasteiger partial charge < -0.3 is 15.6 Å². The third-order valence-electron chi connectivity index (χ3n) is 1.54. The van der Waals surface area contributed by atoms with Crippen molar-refractivity contribution in [2.45, 2.75) is 25.8 Å². The first-order chi connectivity index (χ1) is 5.13. The molecule has 4 heteroatoms. The highest BCUT2D eigenvalue weighted by atomic mass is 16.4. The summed E-state index contributed by atoms with van der Waals surface area (Å²) in [7, 11) is 0. The minimum Gasteiger partial charge on any atom is -0.480 e. The number of carbonyl (C=O) groups excluding carboxylic acids is 1. The van der Waals surface area contributed by atoms with Crippen molar-refractivity contribution in [2.24, 2.45) is 11.7 Å². The number of rotatable bonds is 5. The van der Waals surface area contributed by atoms with E-state index >= 15 is 0 Å². The average molecular weight is 159 g/mol. The lowest BCUT2D eigenvalue weighted by Gasteiger charge is -2.12. The zero-order valence-electron chi connectivity index (χ0n) is 6.49. The van der Waals surface area contributed by atoms with E-state index in [0.29, 0.717) is 12.7 Å². The molecule has 0 aromatic heterocycles. The van der Waals surface area contributed by atoms with Crippen LogP contribution >= 0.6 is 0 Å². The number of nitrogens with two attached hydrogens (primary N) is 1. The van der Waals surface area contributed by atoms with E-state index in [1.165, 1.54) is 0 Å². The van der Waals surface area contributed by atoms with Crippen LogP contribution in [-0.4, -0.2) is 23.4 Å². The fourth-order valence-electron chi connectivity index (χ4n) is 0.849. The molecule has 4 nitrogen and oxygen atoms in total. The Labute approximate surface area is 65.4 Å². The molecular formula is C7H13NO3. The predicted octanol–water partition coefficient (Wildman–Crippen LogP) is 0.0135. The molecule has 2 atom stereocenters. The Morgan fingerprint density at radius 1 is 1.73 bits per heavy atom. The molecule has 0 aliphatic rings. The van der Waals surface area contributed by atoms with E-state index in [1.54, 1.807) is 0 Å². The van der Waals surface area contributed by atoms with Gasteiger partial charge in [0.25, 0.3) is 0 Å². The fourth-order valence-corrected chi connectivity index (χ4v) is 0.849. The van der Waals surface area contributed by atoms with E-state index in [0.717, 1.165) is 6.42 Å². The molecule has 0 bridgehead atoms. The molecule has 0 radical (unpaired) electrons. The SMILES string of the molecule is CCC[C@@H](C=O)[C@@H](N)C(=O)O. The van der Waals surface area contributed by atoms with Crippen molar-refractivity contribution in [2.75, 3.05) is 0 Å². The van der Waals surface area contributed by atoms with Crippen LogP contribution in [0.3, 0.4) is 0 Å². The van der Waals surface area contributed by atoms with Crippen molar-refractivity contribution >= 4 is 12.3 Å². The van der Waals surface area contributed by atoms with Crippen molar-refractivity contribution in [1.82, 2.24) is 0 Å².